The van der Waals surface area contributed by atoms with Gasteiger partial charge in [0.25, 0.3) is 0 Å². The van der Waals surface area contributed by atoms with Crippen molar-refractivity contribution in [3.63, 3.8) is 0 Å². The van der Waals surface area contributed by atoms with Crippen LogP contribution < -0.4 is 10.2 Å². The van der Waals surface area contributed by atoms with Crippen LogP contribution in [0.25, 0.3) is 10.8 Å². The van der Waals surface area contributed by atoms with Gasteiger partial charge in [0.2, 0.25) is 11.8 Å². The van der Waals surface area contributed by atoms with Crippen LogP contribution in [-0.4, -0.2) is 18.4 Å². The summed E-state index contributed by atoms with van der Waals surface area (Å²) in [6, 6.07) is 23.7. The Hall–Kier alpha value is -3.14. The first-order valence-corrected chi connectivity index (χ1v) is 8.82. The zero-order chi connectivity index (χ0) is 17.9. The van der Waals surface area contributed by atoms with E-state index >= 15 is 0 Å². The van der Waals surface area contributed by atoms with E-state index in [-0.39, 0.29) is 24.2 Å². The number of nitrogens with one attached hydrogen (secondary N) is 1. The number of carbonyl (C=O) groups excluding carboxylic acids is 2. The van der Waals surface area contributed by atoms with Gasteiger partial charge in [-0.05, 0) is 17.0 Å². The van der Waals surface area contributed by atoms with E-state index in [1.807, 2.05) is 72.8 Å². The first kappa shape index (κ1) is 16.3. The predicted octanol–water partition coefficient (Wildman–Crippen LogP) is 3.51. The third-order valence-corrected chi connectivity index (χ3v) is 4.86. The van der Waals surface area contributed by atoms with Crippen LogP contribution in [0.15, 0.2) is 72.8 Å². The molecule has 0 saturated carbocycles. The van der Waals surface area contributed by atoms with Gasteiger partial charge in [-0.25, -0.2) is 0 Å². The minimum atomic E-state index is -0.315. The molecule has 1 heterocycles. The van der Waals surface area contributed by atoms with Crippen molar-refractivity contribution < 1.29 is 9.59 Å². The molecular formula is C22H20N2O2. The molecule has 0 spiro atoms. The quantitative estimate of drug-likeness (QED) is 0.787. The fourth-order valence-electron chi connectivity index (χ4n) is 3.49. The Bertz CT molecular complexity index is 947. The highest BCUT2D eigenvalue weighted by Gasteiger charge is 2.35. The monoisotopic (exact) mass is 344 g/mol. The van der Waals surface area contributed by atoms with Gasteiger partial charge >= 0.3 is 0 Å². The number of rotatable bonds is 4. The second-order valence-corrected chi connectivity index (χ2v) is 6.61. The SMILES string of the molecule is O=C(NCc1ccccc1)[C@@H]1CC(=O)N(c2cccc3ccccc23)C1. The lowest BCUT2D eigenvalue weighted by Crippen LogP contribution is -2.32. The van der Waals surface area contributed by atoms with Crippen molar-refractivity contribution in [2.24, 2.45) is 5.92 Å². The molecule has 130 valence electrons. The van der Waals surface area contributed by atoms with Crippen LogP contribution in [0.1, 0.15) is 12.0 Å². The number of fused-ring (bicyclic) bond motifs is 1. The number of nitrogens with zero attached hydrogens (tertiary/aromatic N) is 1. The maximum Gasteiger partial charge on any atom is 0.227 e. The molecule has 0 aliphatic carbocycles. The van der Waals surface area contributed by atoms with Crippen LogP contribution in [0.2, 0.25) is 0 Å². The van der Waals surface area contributed by atoms with E-state index in [4.69, 9.17) is 0 Å². The van der Waals surface area contributed by atoms with E-state index in [0.29, 0.717) is 13.1 Å². The van der Waals surface area contributed by atoms with Crippen molar-refractivity contribution in [1.29, 1.82) is 0 Å². The second kappa shape index (κ2) is 7.00. The highest BCUT2D eigenvalue weighted by molar-refractivity contribution is 6.06. The van der Waals surface area contributed by atoms with E-state index in [1.165, 1.54) is 0 Å². The molecule has 1 atom stereocenters. The zero-order valence-corrected chi connectivity index (χ0v) is 14.4. The average molecular weight is 344 g/mol. The van der Waals surface area contributed by atoms with Gasteiger partial charge in [0.1, 0.15) is 0 Å². The third kappa shape index (κ3) is 3.18. The van der Waals surface area contributed by atoms with Crippen LogP contribution in [0, 0.1) is 5.92 Å². The van der Waals surface area contributed by atoms with E-state index in [1.54, 1.807) is 4.90 Å². The smallest absolute Gasteiger partial charge is 0.227 e. The molecule has 3 aromatic carbocycles. The average Bonchev–Trinajstić information content (AvgIpc) is 3.08. The summed E-state index contributed by atoms with van der Waals surface area (Å²) in [5.41, 5.74) is 1.93. The van der Waals surface area contributed by atoms with Gasteiger partial charge in [-0.1, -0.05) is 66.7 Å². The Morgan fingerprint density at radius 2 is 1.69 bits per heavy atom. The van der Waals surface area contributed by atoms with Gasteiger partial charge in [-0.15, -0.1) is 0 Å². The first-order valence-electron chi connectivity index (χ1n) is 8.82. The fourth-order valence-corrected chi connectivity index (χ4v) is 3.49. The van der Waals surface area contributed by atoms with Crippen LogP contribution in [0.4, 0.5) is 5.69 Å². The number of benzene rings is 3. The summed E-state index contributed by atoms with van der Waals surface area (Å²) in [4.78, 5) is 26.8. The van der Waals surface area contributed by atoms with Crippen molar-refractivity contribution in [3.8, 4) is 0 Å². The van der Waals surface area contributed by atoms with E-state index in [2.05, 4.69) is 5.32 Å². The molecule has 26 heavy (non-hydrogen) atoms. The lowest BCUT2D eigenvalue weighted by Gasteiger charge is -2.19. The molecule has 0 radical (unpaired) electrons. The van der Waals surface area contributed by atoms with E-state index in [0.717, 1.165) is 22.0 Å². The molecule has 0 aromatic heterocycles. The number of hydrogen-bond donors (Lipinski definition) is 1. The van der Waals surface area contributed by atoms with E-state index < -0.39 is 0 Å². The number of hydrogen-bond acceptors (Lipinski definition) is 2. The maximum atomic E-state index is 12.6. The number of anilines is 1. The van der Waals surface area contributed by atoms with Crippen molar-refractivity contribution >= 4 is 28.3 Å². The van der Waals surface area contributed by atoms with Gasteiger partial charge in [0, 0.05) is 24.9 Å². The highest BCUT2D eigenvalue weighted by Crippen LogP contribution is 2.31. The van der Waals surface area contributed by atoms with Gasteiger partial charge in [-0.2, -0.15) is 0 Å². The Balaban J connectivity index is 1.49. The van der Waals surface area contributed by atoms with Crippen LogP contribution in [-0.2, 0) is 16.1 Å². The third-order valence-electron chi connectivity index (χ3n) is 4.86. The summed E-state index contributed by atoms with van der Waals surface area (Å²) >= 11 is 0. The molecule has 0 bridgehead atoms. The second-order valence-electron chi connectivity index (χ2n) is 6.61. The molecule has 2 amide bonds. The van der Waals surface area contributed by atoms with Crippen LogP contribution in [0.3, 0.4) is 0 Å². The molecule has 1 fully saturated rings. The molecule has 1 saturated heterocycles. The van der Waals surface area contributed by atoms with Crippen molar-refractivity contribution in [3.05, 3.63) is 78.4 Å². The normalized spacial score (nSPS) is 16.8. The molecular weight excluding hydrogens is 324 g/mol. The predicted molar refractivity (Wildman–Crippen MR) is 103 cm³/mol. The van der Waals surface area contributed by atoms with Crippen LogP contribution >= 0.6 is 0 Å². The summed E-state index contributed by atoms with van der Waals surface area (Å²) in [5.74, 6) is -0.378. The summed E-state index contributed by atoms with van der Waals surface area (Å²) in [6.45, 7) is 0.909. The zero-order valence-electron chi connectivity index (χ0n) is 14.4. The van der Waals surface area contributed by atoms with Gasteiger partial charge in [-0.3, -0.25) is 9.59 Å². The fraction of sp³-hybridized carbons (Fsp3) is 0.182. The topological polar surface area (TPSA) is 49.4 Å². The molecule has 4 rings (SSSR count). The minimum absolute atomic E-state index is 0.00112. The summed E-state index contributed by atoms with van der Waals surface area (Å²) < 4.78 is 0. The van der Waals surface area contributed by atoms with Crippen molar-refractivity contribution in [2.75, 3.05) is 11.4 Å². The van der Waals surface area contributed by atoms with Crippen LogP contribution in [0.5, 0.6) is 0 Å². The first-order chi connectivity index (χ1) is 12.7. The van der Waals surface area contributed by atoms with Crippen molar-refractivity contribution in [2.45, 2.75) is 13.0 Å². The summed E-state index contributed by atoms with van der Waals surface area (Å²) in [5, 5.41) is 5.08. The summed E-state index contributed by atoms with van der Waals surface area (Å²) in [6.07, 6.45) is 0.254. The largest absolute Gasteiger partial charge is 0.352 e. The molecule has 1 aliphatic heterocycles. The molecule has 1 aliphatic rings. The standard InChI is InChI=1S/C22H20N2O2/c25-21-13-18(22(26)23-14-16-7-2-1-3-8-16)15-24(21)20-12-6-10-17-9-4-5-11-19(17)20/h1-12,18H,13-15H2,(H,23,26)/t18-/m1/s1. The van der Waals surface area contributed by atoms with Gasteiger partial charge < -0.3 is 10.2 Å². The molecule has 1 N–H and O–H groups in total. The molecule has 4 heteroatoms. The van der Waals surface area contributed by atoms with Gasteiger partial charge in [0.05, 0.1) is 11.6 Å². The lowest BCUT2D eigenvalue weighted by atomic mass is 10.1. The minimum Gasteiger partial charge on any atom is -0.352 e. The van der Waals surface area contributed by atoms with Crippen molar-refractivity contribution in [1.82, 2.24) is 5.32 Å². The molecule has 0 unspecified atom stereocenters. The van der Waals surface area contributed by atoms with Gasteiger partial charge in [0.15, 0.2) is 0 Å². The Morgan fingerprint density at radius 1 is 0.962 bits per heavy atom. The summed E-state index contributed by atoms with van der Waals surface area (Å²) in [7, 11) is 0. The maximum absolute atomic E-state index is 12.6. The lowest BCUT2D eigenvalue weighted by molar-refractivity contribution is -0.126. The molecule has 4 nitrogen and oxygen atoms in total. The highest BCUT2D eigenvalue weighted by atomic mass is 16.2. The number of amides is 2. The molecule has 3 aromatic rings. The Kier molecular flexibility index (Phi) is 4.40. The Morgan fingerprint density at radius 3 is 2.54 bits per heavy atom. The van der Waals surface area contributed by atoms with E-state index in [9.17, 15) is 9.59 Å². The Labute approximate surface area is 152 Å². The number of carbonyl (C=O) groups is 2.